The molecule has 3 heterocycles. The van der Waals surface area contributed by atoms with Gasteiger partial charge in [-0.3, -0.25) is 4.79 Å². The highest BCUT2D eigenvalue weighted by atomic mass is 35.5. The van der Waals surface area contributed by atoms with Crippen molar-refractivity contribution < 1.29 is 9.18 Å². The van der Waals surface area contributed by atoms with Gasteiger partial charge in [-0.05, 0) is 31.4 Å². The van der Waals surface area contributed by atoms with Crippen molar-refractivity contribution in [3.8, 4) is 11.1 Å². The van der Waals surface area contributed by atoms with Gasteiger partial charge in [-0.25, -0.2) is 19.0 Å². The van der Waals surface area contributed by atoms with Crippen LogP contribution in [0.2, 0.25) is 5.02 Å². The summed E-state index contributed by atoms with van der Waals surface area (Å²) in [6.07, 6.45) is 5.69. The number of carbonyl (C=O) groups excluding carboxylic acids is 1. The van der Waals surface area contributed by atoms with Crippen molar-refractivity contribution in [1.82, 2.24) is 24.6 Å². The quantitative estimate of drug-likeness (QED) is 0.502. The molecule has 2 aromatic heterocycles. The molecule has 33 heavy (non-hydrogen) atoms. The molecule has 3 aromatic rings. The molecule has 5 rings (SSSR count). The molecule has 5 N–H and O–H groups in total. The zero-order valence-corrected chi connectivity index (χ0v) is 19.0. The SMILES string of the molecule is CN(C)C(=O)c1c(N)ccc(-c2cnc3c(c2Cl)[C@@]2(CC[C@@H](n4cnc(N)n4)C2)CN3)c1F. The van der Waals surface area contributed by atoms with Crippen LogP contribution in [0.15, 0.2) is 24.7 Å². The molecule has 1 aromatic carbocycles. The lowest BCUT2D eigenvalue weighted by Crippen LogP contribution is -2.26. The van der Waals surface area contributed by atoms with Crippen LogP contribution < -0.4 is 16.8 Å². The monoisotopic (exact) mass is 470 g/mol. The first-order valence-corrected chi connectivity index (χ1v) is 11.0. The summed E-state index contributed by atoms with van der Waals surface area (Å²) in [6.45, 7) is 0.674. The molecule has 0 bridgehead atoms. The third kappa shape index (κ3) is 3.28. The van der Waals surface area contributed by atoms with E-state index in [1.54, 1.807) is 25.1 Å². The van der Waals surface area contributed by atoms with Crippen LogP contribution in [0.3, 0.4) is 0 Å². The van der Waals surface area contributed by atoms with E-state index in [1.165, 1.54) is 23.2 Å². The number of nitrogen functional groups attached to an aromatic ring is 2. The second-order valence-electron chi connectivity index (χ2n) is 8.91. The average Bonchev–Trinajstić information content (AvgIpc) is 3.49. The Hall–Kier alpha value is -3.40. The van der Waals surface area contributed by atoms with E-state index in [0.717, 1.165) is 24.8 Å². The number of benzene rings is 1. The summed E-state index contributed by atoms with van der Waals surface area (Å²) in [5, 5.41) is 8.05. The van der Waals surface area contributed by atoms with Gasteiger partial charge in [-0.15, -0.1) is 5.10 Å². The van der Waals surface area contributed by atoms with Crippen molar-refractivity contribution >= 4 is 35.0 Å². The molecule has 0 radical (unpaired) electrons. The van der Waals surface area contributed by atoms with E-state index in [-0.39, 0.29) is 34.2 Å². The molecule has 2 aliphatic rings. The average molecular weight is 471 g/mol. The third-order valence-electron chi connectivity index (χ3n) is 6.71. The van der Waals surface area contributed by atoms with Crippen molar-refractivity contribution in [3.05, 3.63) is 46.6 Å². The van der Waals surface area contributed by atoms with Gasteiger partial charge in [-0.2, -0.15) is 0 Å². The van der Waals surface area contributed by atoms with Gasteiger partial charge in [0, 0.05) is 54.6 Å². The number of halogens is 2. The van der Waals surface area contributed by atoms with Crippen LogP contribution in [0.5, 0.6) is 0 Å². The minimum Gasteiger partial charge on any atom is -0.398 e. The number of nitrogens with one attached hydrogen (secondary N) is 1. The zero-order chi connectivity index (χ0) is 23.5. The summed E-state index contributed by atoms with van der Waals surface area (Å²) in [7, 11) is 3.10. The van der Waals surface area contributed by atoms with Gasteiger partial charge in [0.25, 0.3) is 5.91 Å². The summed E-state index contributed by atoms with van der Waals surface area (Å²) < 4.78 is 17.4. The van der Waals surface area contributed by atoms with E-state index in [1.807, 2.05) is 0 Å². The minimum absolute atomic E-state index is 0.0732. The largest absolute Gasteiger partial charge is 0.398 e. The Kier molecular flexibility index (Phi) is 4.93. The van der Waals surface area contributed by atoms with Crippen molar-refractivity contribution in [2.24, 2.45) is 0 Å². The molecule has 0 unspecified atom stereocenters. The Balaban J connectivity index is 1.58. The smallest absolute Gasteiger partial charge is 0.258 e. The van der Waals surface area contributed by atoms with Crippen LogP contribution in [0.4, 0.5) is 21.8 Å². The number of fused-ring (bicyclic) bond motifs is 2. The van der Waals surface area contributed by atoms with Crippen LogP contribution in [0, 0.1) is 5.82 Å². The standard InChI is InChI=1S/C22H24ClFN8O/c1-31(2)20(33)15-14(25)4-3-12(18(15)24)13-8-27-19-16(17(13)23)22(9-28-19)6-5-11(7-22)32-10-29-21(26)30-32/h3-4,8,10-11H,5-7,9,25H2,1-2H3,(H2,26,30)(H,27,28)/t11-,22-/m1/s1. The van der Waals surface area contributed by atoms with Gasteiger partial charge in [-0.1, -0.05) is 11.6 Å². The van der Waals surface area contributed by atoms with Crippen LogP contribution in [-0.4, -0.2) is 51.2 Å². The van der Waals surface area contributed by atoms with Crippen LogP contribution in [0.25, 0.3) is 11.1 Å². The number of amides is 1. The third-order valence-corrected chi connectivity index (χ3v) is 7.10. The highest BCUT2D eigenvalue weighted by Gasteiger charge is 2.48. The fraction of sp³-hybridized carbons (Fsp3) is 0.364. The van der Waals surface area contributed by atoms with Crippen LogP contribution in [0.1, 0.15) is 41.2 Å². The first-order chi connectivity index (χ1) is 15.7. The molecule has 1 amide bonds. The van der Waals surface area contributed by atoms with Crippen molar-refractivity contribution in [2.75, 3.05) is 37.4 Å². The normalized spacial score (nSPS) is 21.3. The lowest BCUT2D eigenvalue weighted by molar-refractivity contribution is 0.0824. The Morgan fingerprint density at radius 3 is 2.79 bits per heavy atom. The summed E-state index contributed by atoms with van der Waals surface area (Å²) in [4.78, 5) is 22.4. The molecular weight excluding hydrogens is 447 g/mol. The molecule has 1 saturated carbocycles. The highest BCUT2D eigenvalue weighted by molar-refractivity contribution is 6.34. The van der Waals surface area contributed by atoms with E-state index >= 15 is 4.39 Å². The minimum atomic E-state index is -0.709. The number of nitrogens with two attached hydrogens (primary N) is 2. The number of nitrogens with zero attached hydrogens (tertiary/aromatic N) is 5. The summed E-state index contributed by atoms with van der Waals surface area (Å²) in [5.41, 5.74) is 12.7. The summed E-state index contributed by atoms with van der Waals surface area (Å²) in [5.74, 6) is -0.284. The van der Waals surface area contributed by atoms with Gasteiger partial charge >= 0.3 is 0 Å². The fourth-order valence-electron chi connectivity index (χ4n) is 5.05. The second-order valence-corrected chi connectivity index (χ2v) is 9.29. The van der Waals surface area contributed by atoms with Gasteiger partial charge in [0.2, 0.25) is 5.95 Å². The first-order valence-electron chi connectivity index (χ1n) is 10.6. The molecule has 172 valence electrons. The number of pyridine rings is 1. The molecule has 1 aliphatic carbocycles. The van der Waals surface area contributed by atoms with E-state index in [2.05, 4.69) is 20.4 Å². The molecule has 9 nitrogen and oxygen atoms in total. The molecule has 0 saturated heterocycles. The molecule has 1 aliphatic heterocycles. The topological polar surface area (TPSA) is 128 Å². The molecule has 1 fully saturated rings. The van der Waals surface area contributed by atoms with Crippen LogP contribution >= 0.6 is 11.6 Å². The second kappa shape index (κ2) is 7.58. The Morgan fingerprint density at radius 1 is 1.30 bits per heavy atom. The van der Waals surface area contributed by atoms with Gasteiger partial charge in [0.05, 0.1) is 16.6 Å². The maximum atomic E-state index is 15.6. The molecular formula is C22H24ClFN8O. The van der Waals surface area contributed by atoms with E-state index in [0.29, 0.717) is 22.9 Å². The Morgan fingerprint density at radius 2 is 2.09 bits per heavy atom. The van der Waals surface area contributed by atoms with Crippen molar-refractivity contribution in [3.63, 3.8) is 0 Å². The maximum absolute atomic E-state index is 15.6. The summed E-state index contributed by atoms with van der Waals surface area (Å²) in [6, 6.07) is 3.18. The fourth-order valence-corrected chi connectivity index (χ4v) is 5.49. The predicted molar refractivity (Wildman–Crippen MR) is 125 cm³/mol. The highest BCUT2D eigenvalue weighted by Crippen LogP contribution is 2.54. The van der Waals surface area contributed by atoms with E-state index in [9.17, 15) is 4.79 Å². The lowest BCUT2D eigenvalue weighted by atomic mass is 9.80. The van der Waals surface area contributed by atoms with E-state index < -0.39 is 11.7 Å². The molecule has 2 atom stereocenters. The molecule has 1 spiro atoms. The number of anilines is 3. The predicted octanol–water partition coefficient (Wildman–Crippen LogP) is 3.09. The number of carbonyl (C=O) groups is 1. The Bertz CT molecular complexity index is 1280. The zero-order valence-electron chi connectivity index (χ0n) is 18.3. The Labute approximate surface area is 194 Å². The van der Waals surface area contributed by atoms with Crippen molar-refractivity contribution in [2.45, 2.75) is 30.7 Å². The van der Waals surface area contributed by atoms with Gasteiger partial charge in [0.1, 0.15) is 18.0 Å². The summed E-state index contributed by atoms with van der Waals surface area (Å²) >= 11 is 6.93. The number of hydrogen-bond acceptors (Lipinski definition) is 7. The van der Waals surface area contributed by atoms with Gasteiger partial charge in [0.15, 0.2) is 0 Å². The maximum Gasteiger partial charge on any atom is 0.258 e. The van der Waals surface area contributed by atoms with Gasteiger partial charge < -0.3 is 21.7 Å². The first kappa shape index (κ1) is 21.4. The lowest BCUT2D eigenvalue weighted by Gasteiger charge is -2.25. The van der Waals surface area contributed by atoms with Crippen LogP contribution in [-0.2, 0) is 5.41 Å². The number of aromatic nitrogens is 4. The van der Waals surface area contributed by atoms with E-state index in [4.69, 9.17) is 23.1 Å². The van der Waals surface area contributed by atoms with Crippen molar-refractivity contribution in [1.29, 1.82) is 0 Å². The number of hydrogen-bond donors (Lipinski definition) is 3. The number of rotatable bonds is 3. The molecule has 11 heteroatoms.